The molecule has 17 N–H and O–H groups in total. The molecule has 0 aromatic rings. The molecule has 0 radical (unpaired) electrons. The molecule has 5 aliphatic heterocycles. The van der Waals surface area contributed by atoms with Gasteiger partial charge in [-0.05, 0) is 0 Å². The molecule has 5 fully saturated rings. The molecular weight excluding hydrogens is 856 g/mol. The summed E-state index contributed by atoms with van der Waals surface area (Å²) in [6.45, 7) is 0. The molecule has 0 aromatic carbocycles. The van der Waals surface area contributed by atoms with Crippen LogP contribution >= 0.6 is 0 Å². The highest BCUT2D eigenvalue weighted by molar-refractivity contribution is 5.75. The largest absolute Gasteiger partial charge is 0.479 e. The Hall–Kier alpha value is -3.49. The van der Waals surface area contributed by atoms with E-state index in [0.717, 1.165) is 0 Å². The van der Waals surface area contributed by atoms with Crippen LogP contribution < -0.4 is 0 Å². The number of carboxylic acid groups (broad SMARTS) is 5. The minimum Gasteiger partial charge on any atom is -0.479 e. The maximum Gasteiger partial charge on any atom is 0.335 e. The van der Waals surface area contributed by atoms with Gasteiger partial charge in [-0.25, -0.2) is 24.0 Å². The van der Waals surface area contributed by atoms with Crippen LogP contribution in [0.25, 0.3) is 0 Å². The summed E-state index contributed by atoms with van der Waals surface area (Å²) >= 11 is 0. The zero-order chi connectivity index (χ0) is 45.7. The van der Waals surface area contributed by atoms with Crippen molar-refractivity contribution in [2.75, 3.05) is 0 Å². The Balaban J connectivity index is 1.30. The molecule has 5 saturated heterocycles. The summed E-state index contributed by atoms with van der Waals surface area (Å²) in [4.78, 5) is 59.9. The van der Waals surface area contributed by atoms with Gasteiger partial charge in [-0.2, -0.15) is 0 Å². The Morgan fingerprint density at radius 1 is 0.279 bits per heavy atom. The van der Waals surface area contributed by atoms with E-state index in [1.807, 2.05) is 0 Å². The number of aliphatic hydroxyl groups is 12. The van der Waals surface area contributed by atoms with Crippen LogP contribution in [0.4, 0.5) is 0 Å². The molecule has 5 heterocycles. The zero-order valence-electron chi connectivity index (χ0n) is 30.3. The summed E-state index contributed by atoms with van der Waals surface area (Å²) in [6, 6.07) is 0. The monoisotopic (exact) mass is 898 g/mol. The summed E-state index contributed by atoms with van der Waals surface area (Å²) in [6.07, 6.45) is -59.6. The molecule has 0 saturated carbocycles. The average molecular weight is 899 g/mol. The highest BCUT2D eigenvalue weighted by Crippen LogP contribution is 2.36. The third-order valence-electron chi connectivity index (χ3n) is 10.1. The van der Waals surface area contributed by atoms with Crippen molar-refractivity contribution in [2.45, 2.75) is 154 Å². The second-order valence-corrected chi connectivity index (χ2v) is 14.1. The summed E-state index contributed by atoms with van der Waals surface area (Å²) in [7, 11) is 0. The minimum atomic E-state index is -2.56. The lowest BCUT2D eigenvalue weighted by Crippen LogP contribution is -2.69. The van der Waals surface area contributed by atoms with E-state index in [4.69, 9.17) is 37.9 Å². The van der Waals surface area contributed by atoms with Crippen molar-refractivity contribution in [3.05, 3.63) is 0 Å². The highest BCUT2D eigenvalue weighted by Gasteiger charge is 2.59. The van der Waals surface area contributed by atoms with Gasteiger partial charge in [0.05, 0.1) is 0 Å². The molecule has 61 heavy (non-hydrogen) atoms. The Morgan fingerprint density at radius 2 is 0.508 bits per heavy atom. The van der Waals surface area contributed by atoms with E-state index in [-0.39, 0.29) is 0 Å². The van der Waals surface area contributed by atoms with Crippen molar-refractivity contribution in [2.24, 2.45) is 0 Å². The fourth-order valence-electron chi connectivity index (χ4n) is 6.88. The fraction of sp³-hybridized carbons (Fsp3) is 0.833. The number of carbonyl (C=O) groups is 5. The molecule has 31 nitrogen and oxygen atoms in total. The summed E-state index contributed by atoms with van der Waals surface area (Å²) in [5.74, 6) is -9.88. The van der Waals surface area contributed by atoms with Crippen molar-refractivity contribution >= 4 is 29.8 Å². The number of rotatable bonds is 13. The van der Waals surface area contributed by atoms with Crippen molar-refractivity contribution < 1.29 is 153 Å². The quantitative estimate of drug-likeness (QED) is 0.0816. The summed E-state index contributed by atoms with van der Waals surface area (Å²) in [5.41, 5.74) is 0. The molecule has 5 rings (SSSR count). The molecule has 5 aliphatic rings. The van der Waals surface area contributed by atoms with E-state index < -0.39 is 183 Å². The van der Waals surface area contributed by atoms with E-state index in [1.54, 1.807) is 0 Å². The molecule has 0 spiro atoms. The van der Waals surface area contributed by atoms with Gasteiger partial charge in [0, 0.05) is 0 Å². The average Bonchev–Trinajstić information content (AvgIpc) is 3.18. The number of hydrogen-bond acceptors (Lipinski definition) is 26. The van der Waals surface area contributed by atoms with E-state index in [9.17, 15) is 111 Å². The Labute approximate surface area is 337 Å². The van der Waals surface area contributed by atoms with E-state index in [2.05, 4.69) is 4.74 Å². The Bertz CT molecular complexity index is 1600. The fourth-order valence-corrected chi connectivity index (χ4v) is 6.88. The SMILES string of the molecule is O=C(O)[C@H]1O[C@@H](O[C@H]2[C@H](O)[C@H](O)[C@H](O[C@H]3[C@H](O)[C@H](O)[C@H](O[C@H]4[C@H](O)[C@H](O)[C@H](O[C@H]5[C@H](O)[C@H](O)C(O)O[C@@H]5C(=O)O)O[C@H]4C(=O)O)O[C@H]3C(=O)O)O[C@@H]2C(=O)O)[C@@H](O)[C@@H](O)[C@@H]1O. The smallest absolute Gasteiger partial charge is 0.335 e. The minimum absolute atomic E-state index is 1.87. The third-order valence-corrected chi connectivity index (χ3v) is 10.1. The van der Waals surface area contributed by atoms with Crippen LogP contribution in [0.15, 0.2) is 0 Å². The molecule has 0 aromatic heterocycles. The lowest BCUT2D eigenvalue weighted by atomic mass is 9.95. The first-order valence-corrected chi connectivity index (χ1v) is 17.6. The highest BCUT2D eigenvalue weighted by atomic mass is 16.8. The number of aliphatic hydroxyl groups excluding tert-OH is 12. The maximum absolute atomic E-state index is 12.3. The standard InChI is InChI=1S/C30H42O31/c31-1-2(32)16(21(42)43)58-27(8(1)38)55-13-4(34)10(40)29(60-18(13)23(46)47)57-15-6(36)11(41)30(61-20(15)25(50)51)56-14-5(35)9(39)28(59-19(14)24(48)49)54-12-3(33)7(37)26(52)53-17(12)22(44)45/h1-20,26-41,52H,(H,42,43)(H,44,45)(H,46,47)(H,48,49)(H,50,51)/t1-,2-,3+,4+,5+,6+,7-,8-,9-,10-,11-,12-,13-,14-,15-,16-,17-,18-,19+,20+,26?,27+,28+,29+,30+/m0/s1. The van der Waals surface area contributed by atoms with E-state index >= 15 is 0 Å². The predicted molar refractivity (Wildman–Crippen MR) is 169 cm³/mol. The van der Waals surface area contributed by atoms with Gasteiger partial charge in [-0.15, -0.1) is 0 Å². The van der Waals surface area contributed by atoms with Crippen molar-refractivity contribution in [3.63, 3.8) is 0 Å². The van der Waals surface area contributed by atoms with Gasteiger partial charge in [-0.1, -0.05) is 0 Å². The molecule has 0 amide bonds. The number of hydrogen-bond donors (Lipinski definition) is 17. The molecule has 25 atom stereocenters. The number of ether oxygens (including phenoxy) is 9. The molecule has 31 heteroatoms. The Kier molecular flexibility index (Phi) is 15.2. The lowest BCUT2D eigenvalue weighted by molar-refractivity contribution is -0.383. The number of aliphatic carboxylic acids is 5. The molecule has 0 aliphatic carbocycles. The van der Waals surface area contributed by atoms with Crippen LogP contribution in [0.3, 0.4) is 0 Å². The first-order valence-electron chi connectivity index (χ1n) is 17.6. The van der Waals surface area contributed by atoms with Crippen LogP contribution in [0.1, 0.15) is 0 Å². The molecule has 1 unspecified atom stereocenters. The predicted octanol–water partition coefficient (Wildman–Crippen LogP) is -11.5. The second-order valence-electron chi connectivity index (χ2n) is 14.1. The van der Waals surface area contributed by atoms with Crippen molar-refractivity contribution in [1.82, 2.24) is 0 Å². The molecule has 0 bridgehead atoms. The maximum atomic E-state index is 12.3. The van der Waals surface area contributed by atoms with Gasteiger partial charge >= 0.3 is 29.8 Å². The van der Waals surface area contributed by atoms with Gasteiger partial charge in [0.1, 0.15) is 91.6 Å². The third kappa shape index (κ3) is 9.56. The Morgan fingerprint density at radius 3 is 0.787 bits per heavy atom. The summed E-state index contributed by atoms with van der Waals surface area (Å²) in [5, 5.41) is 174. The van der Waals surface area contributed by atoms with Crippen molar-refractivity contribution in [1.29, 1.82) is 0 Å². The summed E-state index contributed by atoms with van der Waals surface area (Å²) < 4.78 is 45.9. The second kappa shape index (κ2) is 19.1. The lowest BCUT2D eigenvalue weighted by Gasteiger charge is -2.48. The van der Waals surface area contributed by atoms with Gasteiger partial charge in [0.25, 0.3) is 0 Å². The van der Waals surface area contributed by atoms with Gasteiger partial charge < -0.3 is 129 Å². The normalized spacial score (nSPS) is 49.4. The van der Waals surface area contributed by atoms with Crippen LogP contribution in [0.2, 0.25) is 0 Å². The first-order chi connectivity index (χ1) is 28.4. The molecule has 348 valence electrons. The van der Waals surface area contributed by atoms with Crippen LogP contribution in [0, 0.1) is 0 Å². The van der Waals surface area contributed by atoms with Crippen LogP contribution in [-0.4, -0.2) is 270 Å². The van der Waals surface area contributed by atoms with Gasteiger partial charge in [0.2, 0.25) is 0 Å². The zero-order valence-corrected chi connectivity index (χ0v) is 30.3. The van der Waals surface area contributed by atoms with Gasteiger partial charge in [-0.3, -0.25) is 0 Å². The number of carboxylic acids is 5. The van der Waals surface area contributed by atoms with Crippen LogP contribution in [0.5, 0.6) is 0 Å². The molecular formula is C30H42O31. The van der Waals surface area contributed by atoms with E-state index in [0.29, 0.717) is 0 Å². The first kappa shape index (κ1) is 48.5. The van der Waals surface area contributed by atoms with Crippen LogP contribution in [-0.2, 0) is 66.6 Å². The van der Waals surface area contributed by atoms with Gasteiger partial charge in [0.15, 0.2) is 62.0 Å². The van der Waals surface area contributed by atoms with E-state index in [1.165, 1.54) is 0 Å². The van der Waals surface area contributed by atoms with Crippen molar-refractivity contribution in [3.8, 4) is 0 Å². The topological polar surface area (TPSA) is 512 Å².